The molecule has 1 aliphatic heterocycles. The molecule has 2 amide bonds. The SMILES string of the molecule is CCCNC(=O)OCC1CCCCN1C(=O)c1ncccc1Cl. The van der Waals surface area contributed by atoms with Crippen molar-refractivity contribution >= 4 is 23.6 Å². The Bertz CT molecular complexity index is 553. The first-order valence-corrected chi connectivity index (χ1v) is 8.33. The molecule has 0 aliphatic carbocycles. The van der Waals surface area contributed by atoms with Crippen LogP contribution in [-0.2, 0) is 4.74 Å². The Kier molecular flexibility index (Phi) is 6.65. The maximum atomic E-state index is 12.7. The summed E-state index contributed by atoms with van der Waals surface area (Å²) in [4.78, 5) is 30.0. The molecule has 6 nitrogen and oxygen atoms in total. The number of hydrogen-bond donors (Lipinski definition) is 1. The molecule has 1 atom stereocenters. The lowest BCUT2D eigenvalue weighted by Crippen LogP contribution is -2.47. The highest BCUT2D eigenvalue weighted by Crippen LogP contribution is 2.22. The van der Waals surface area contributed by atoms with E-state index >= 15 is 0 Å². The predicted octanol–water partition coefficient (Wildman–Crippen LogP) is 2.87. The van der Waals surface area contributed by atoms with Crippen LogP contribution in [0.15, 0.2) is 18.3 Å². The molecule has 2 rings (SSSR count). The standard InChI is InChI=1S/C16H22ClN3O3/c1-2-8-19-16(22)23-11-12-6-3-4-10-20(12)15(21)14-13(17)7-5-9-18-14/h5,7,9,12H,2-4,6,8,10-11H2,1H3,(H,19,22). The van der Waals surface area contributed by atoms with Crippen LogP contribution in [0.4, 0.5) is 4.79 Å². The van der Waals surface area contributed by atoms with Crippen molar-refractivity contribution in [1.29, 1.82) is 0 Å². The minimum absolute atomic E-state index is 0.137. The Labute approximate surface area is 141 Å². The first kappa shape index (κ1) is 17.5. The van der Waals surface area contributed by atoms with Crippen LogP contribution in [0.3, 0.4) is 0 Å². The summed E-state index contributed by atoms with van der Waals surface area (Å²) in [6.07, 6.45) is 4.69. The van der Waals surface area contributed by atoms with Gasteiger partial charge in [-0.2, -0.15) is 0 Å². The van der Waals surface area contributed by atoms with Crippen molar-refractivity contribution in [3.63, 3.8) is 0 Å². The number of piperidine rings is 1. The minimum atomic E-state index is -0.444. The number of rotatable bonds is 5. The van der Waals surface area contributed by atoms with Crippen molar-refractivity contribution in [2.45, 2.75) is 38.6 Å². The van der Waals surface area contributed by atoms with Crippen molar-refractivity contribution in [1.82, 2.24) is 15.2 Å². The largest absolute Gasteiger partial charge is 0.447 e. The van der Waals surface area contributed by atoms with Gasteiger partial charge in [0.25, 0.3) is 5.91 Å². The van der Waals surface area contributed by atoms with E-state index in [1.807, 2.05) is 6.92 Å². The molecule has 1 saturated heterocycles. The first-order valence-electron chi connectivity index (χ1n) is 7.95. The van der Waals surface area contributed by atoms with Gasteiger partial charge in [0.05, 0.1) is 11.1 Å². The molecule has 0 bridgehead atoms. The lowest BCUT2D eigenvalue weighted by molar-refractivity contribution is 0.0444. The molecule has 0 spiro atoms. The monoisotopic (exact) mass is 339 g/mol. The average Bonchev–Trinajstić information content (AvgIpc) is 2.58. The molecule has 1 aromatic heterocycles. The fraction of sp³-hybridized carbons (Fsp3) is 0.562. The number of carbonyl (C=O) groups is 2. The number of carbonyl (C=O) groups excluding carboxylic acids is 2. The maximum Gasteiger partial charge on any atom is 0.407 e. The summed E-state index contributed by atoms with van der Waals surface area (Å²) in [5, 5.41) is 3.00. The minimum Gasteiger partial charge on any atom is -0.447 e. The lowest BCUT2D eigenvalue weighted by Gasteiger charge is -2.35. The third-order valence-corrected chi connectivity index (χ3v) is 4.08. The third-order valence-electron chi connectivity index (χ3n) is 3.78. The fourth-order valence-electron chi connectivity index (χ4n) is 2.57. The number of hydrogen-bond acceptors (Lipinski definition) is 4. The number of nitrogens with one attached hydrogen (secondary N) is 1. The molecular weight excluding hydrogens is 318 g/mol. The molecular formula is C16H22ClN3O3. The summed E-state index contributed by atoms with van der Waals surface area (Å²) in [7, 11) is 0. The number of pyridine rings is 1. The highest BCUT2D eigenvalue weighted by atomic mass is 35.5. The van der Waals surface area contributed by atoms with Crippen molar-refractivity contribution in [3.05, 3.63) is 29.0 Å². The van der Waals surface area contributed by atoms with Gasteiger partial charge in [-0.05, 0) is 37.8 Å². The van der Waals surface area contributed by atoms with Gasteiger partial charge >= 0.3 is 6.09 Å². The van der Waals surface area contributed by atoms with Gasteiger partial charge in [0.2, 0.25) is 0 Å². The number of aromatic nitrogens is 1. The van der Waals surface area contributed by atoms with Crippen LogP contribution in [0.5, 0.6) is 0 Å². The van der Waals surface area contributed by atoms with Crippen LogP contribution in [0, 0.1) is 0 Å². The van der Waals surface area contributed by atoms with E-state index in [4.69, 9.17) is 16.3 Å². The van der Waals surface area contributed by atoms with Gasteiger partial charge in [-0.15, -0.1) is 0 Å². The number of alkyl carbamates (subject to hydrolysis) is 1. The van der Waals surface area contributed by atoms with Gasteiger partial charge in [-0.1, -0.05) is 18.5 Å². The Hall–Kier alpha value is -1.82. The highest BCUT2D eigenvalue weighted by Gasteiger charge is 2.30. The number of nitrogens with zero attached hydrogens (tertiary/aromatic N) is 2. The summed E-state index contributed by atoms with van der Waals surface area (Å²) in [6, 6.07) is 3.20. The predicted molar refractivity (Wildman–Crippen MR) is 87.6 cm³/mol. The summed E-state index contributed by atoms with van der Waals surface area (Å²) in [6.45, 7) is 3.36. The molecule has 23 heavy (non-hydrogen) atoms. The molecule has 0 saturated carbocycles. The van der Waals surface area contributed by atoms with Gasteiger partial charge in [-0.3, -0.25) is 4.79 Å². The topological polar surface area (TPSA) is 71.5 Å². The second kappa shape index (κ2) is 8.72. The summed E-state index contributed by atoms with van der Waals surface area (Å²) in [5.74, 6) is -0.210. The molecule has 1 aliphatic rings. The molecule has 126 valence electrons. The van der Waals surface area contributed by atoms with Crippen LogP contribution in [0.1, 0.15) is 43.1 Å². The van der Waals surface area contributed by atoms with E-state index in [1.54, 1.807) is 23.2 Å². The fourth-order valence-corrected chi connectivity index (χ4v) is 2.77. The quantitative estimate of drug-likeness (QED) is 0.895. The van der Waals surface area contributed by atoms with Crippen LogP contribution in [0.2, 0.25) is 5.02 Å². The molecule has 1 N–H and O–H groups in total. The Morgan fingerprint density at radius 3 is 3.04 bits per heavy atom. The van der Waals surface area contributed by atoms with E-state index in [0.717, 1.165) is 25.7 Å². The van der Waals surface area contributed by atoms with E-state index in [0.29, 0.717) is 18.1 Å². The van der Waals surface area contributed by atoms with E-state index in [1.165, 1.54) is 0 Å². The Morgan fingerprint density at radius 1 is 1.48 bits per heavy atom. The van der Waals surface area contributed by atoms with Crippen molar-refractivity contribution in [3.8, 4) is 0 Å². The molecule has 0 radical (unpaired) electrons. The molecule has 1 aromatic rings. The molecule has 2 heterocycles. The smallest absolute Gasteiger partial charge is 0.407 e. The van der Waals surface area contributed by atoms with E-state index in [9.17, 15) is 9.59 Å². The van der Waals surface area contributed by atoms with Gasteiger partial charge in [0, 0.05) is 19.3 Å². The van der Waals surface area contributed by atoms with E-state index in [-0.39, 0.29) is 24.2 Å². The third kappa shape index (κ3) is 4.82. The van der Waals surface area contributed by atoms with Crippen molar-refractivity contribution < 1.29 is 14.3 Å². The van der Waals surface area contributed by atoms with E-state index < -0.39 is 6.09 Å². The number of likely N-dealkylation sites (tertiary alicyclic amines) is 1. The molecule has 1 unspecified atom stereocenters. The van der Waals surface area contributed by atoms with Crippen molar-refractivity contribution in [2.24, 2.45) is 0 Å². The second-order valence-corrected chi connectivity index (χ2v) is 5.91. The van der Waals surface area contributed by atoms with Gasteiger partial charge in [-0.25, -0.2) is 9.78 Å². The second-order valence-electron chi connectivity index (χ2n) is 5.51. The zero-order valence-electron chi connectivity index (χ0n) is 13.3. The van der Waals surface area contributed by atoms with Crippen molar-refractivity contribution in [2.75, 3.05) is 19.7 Å². The average molecular weight is 340 g/mol. The van der Waals surface area contributed by atoms with E-state index in [2.05, 4.69) is 10.3 Å². The summed E-state index contributed by atoms with van der Waals surface area (Å²) < 4.78 is 5.23. The number of ether oxygens (including phenoxy) is 1. The zero-order valence-corrected chi connectivity index (χ0v) is 14.0. The number of amides is 2. The zero-order chi connectivity index (χ0) is 16.7. The normalized spacial score (nSPS) is 17.7. The summed E-state index contributed by atoms with van der Waals surface area (Å²) in [5.41, 5.74) is 0.247. The van der Waals surface area contributed by atoms with Crippen LogP contribution < -0.4 is 5.32 Å². The van der Waals surface area contributed by atoms with Crippen LogP contribution in [-0.4, -0.2) is 47.6 Å². The first-order chi connectivity index (χ1) is 11.1. The highest BCUT2D eigenvalue weighted by molar-refractivity contribution is 6.33. The van der Waals surface area contributed by atoms with Gasteiger partial charge in [0.15, 0.2) is 0 Å². The molecule has 7 heteroatoms. The Morgan fingerprint density at radius 2 is 2.30 bits per heavy atom. The Balaban J connectivity index is 1.99. The van der Waals surface area contributed by atoms with Crippen LogP contribution >= 0.6 is 11.6 Å². The maximum absolute atomic E-state index is 12.7. The summed E-state index contributed by atoms with van der Waals surface area (Å²) >= 11 is 6.07. The van der Waals surface area contributed by atoms with Crippen LogP contribution in [0.25, 0.3) is 0 Å². The lowest BCUT2D eigenvalue weighted by atomic mass is 10.0. The van der Waals surface area contributed by atoms with Gasteiger partial charge < -0.3 is 15.0 Å². The molecule has 0 aromatic carbocycles. The molecule has 1 fully saturated rings. The number of halogens is 1. The van der Waals surface area contributed by atoms with Gasteiger partial charge in [0.1, 0.15) is 12.3 Å².